The molecular weight excluding hydrogens is 628 g/mol. The first-order chi connectivity index (χ1) is 23.3. The molecule has 1 aromatic rings. The number of carbonyl (C=O) groups excluding carboxylic acids is 6. The van der Waals surface area contributed by atoms with Gasteiger partial charge >= 0.3 is 0 Å². The summed E-state index contributed by atoms with van der Waals surface area (Å²) in [6, 6.07) is -2.17. The fourth-order valence-corrected chi connectivity index (χ4v) is 7.93. The van der Waals surface area contributed by atoms with E-state index in [1.165, 1.54) is 6.07 Å². The molecule has 4 fully saturated rings. The summed E-state index contributed by atoms with van der Waals surface area (Å²) >= 11 is 0. The van der Waals surface area contributed by atoms with E-state index in [9.17, 15) is 28.8 Å². The van der Waals surface area contributed by atoms with Crippen LogP contribution in [0.2, 0.25) is 0 Å². The number of hydrogen-bond donors (Lipinski definition) is 4. The summed E-state index contributed by atoms with van der Waals surface area (Å²) in [7, 11) is 0. The fourth-order valence-electron chi connectivity index (χ4n) is 7.93. The molecule has 1 saturated heterocycles. The molecule has 5 rings (SSSR count). The van der Waals surface area contributed by atoms with Gasteiger partial charge in [-0.3, -0.25) is 28.8 Å². The Morgan fingerprint density at radius 1 is 0.939 bits per heavy atom. The highest BCUT2D eigenvalue weighted by molar-refractivity contribution is 6.38. The van der Waals surface area contributed by atoms with Crippen molar-refractivity contribution in [1.82, 2.24) is 31.3 Å². The Hall–Kier alpha value is -3.77. The van der Waals surface area contributed by atoms with Crippen LogP contribution in [0.25, 0.3) is 0 Å². The minimum atomic E-state index is -0.996. The predicted molar refractivity (Wildman–Crippen MR) is 180 cm³/mol. The van der Waals surface area contributed by atoms with Gasteiger partial charge in [0.1, 0.15) is 23.9 Å². The number of nitrogens with zero attached hydrogens (tertiary/aromatic N) is 2. The van der Waals surface area contributed by atoms with Gasteiger partial charge in [0.2, 0.25) is 23.5 Å². The van der Waals surface area contributed by atoms with Crippen LogP contribution in [0.3, 0.4) is 0 Å². The van der Waals surface area contributed by atoms with Crippen molar-refractivity contribution >= 4 is 35.3 Å². The fraction of sp³-hybridized carbons (Fsp3) is 0.750. The molecule has 0 spiro atoms. The first-order valence-electron chi connectivity index (χ1n) is 18.3. The lowest BCUT2D eigenvalue weighted by atomic mass is 9.82. The Labute approximate surface area is 288 Å². The van der Waals surface area contributed by atoms with E-state index >= 15 is 0 Å². The molecule has 1 aromatic heterocycles. The van der Waals surface area contributed by atoms with Crippen molar-refractivity contribution in [3.8, 4) is 0 Å². The lowest BCUT2D eigenvalue weighted by Gasteiger charge is -2.38. The van der Waals surface area contributed by atoms with Crippen molar-refractivity contribution in [2.75, 3.05) is 6.54 Å². The SMILES string of the molecule is CCC[C@H](NC(=O)[C@@H]1[C@H]2CCC[C@H]2CN1C(=O)[C@@H](NC(=O)[C@@H](NC(=O)c1cc(C)on1)C1CCCCC1)C(C)(C)C)C(=O)C(=O)NC1CC1. The van der Waals surface area contributed by atoms with Gasteiger partial charge < -0.3 is 30.7 Å². The number of Topliss-reactive ketones (excluding diaryl/α,β-unsaturated/α-hetero) is 1. The average Bonchev–Trinajstić information content (AvgIpc) is 3.40. The number of amides is 5. The van der Waals surface area contributed by atoms with E-state index in [0.29, 0.717) is 25.1 Å². The quantitative estimate of drug-likeness (QED) is 0.229. The molecule has 3 saturated carbocycles. The number of aromatic nitrogens is 1. The molecule has 0 bridgehead atoms. The van der Waals surface area contributed by atoms with Gasteiger partial charge in [0.05, 0.1) is 6.04 Å². The van der Waals surface area contributed by atoms with Crippen LogP contribution < -0.4 is 21.3 Å². The van der Waals surface area contributed by atoms with Crippen molar-refractivity contribution in [2.45, 2.75) is 142 Å². The topological polar surface area (TPSA) is 180 Å². The van der Waals surface area contributed by atoms with Crippen LogP contribution in [0.15, 0.2) is 10.6 Å². The number of fused-ring (bicyclic) bond motifs is 1. The van der Waals surface area contributed by atoms with E-state index in [-0.39, 0.29) is 35.4 Å². The Kier molecular flexibility index (Phi) is 11.5. The van der Waals surface area contributed by atoms with E-state index in [2.05, 4.69) is 26.4 Å². The van der Waals surface area contributed by atoms with Crippen LogP contribution in [0, 0.1) is 30.1 Å². The minimum Gasteiger partial charge on any atom is -0.361 e. The molecule has 0 radical (unpaired) electrons. The van der Waals surface area contributed by atoms with Gasteiger partial charge in [-0.15, -0.1) is 0 Å². The maximum Gasteiger partial charge on any atom is 0.289 e. The standard InChI is InChI=1S/C36H54N6O7/c1-6-11-25(29(43)34(47)37-23-16-17-23)38-33(46)28-24-15-10-14-22(24)19-42(28)35(48)30(36(3,4)5)40-32(45)27(21-12-8-7-9-13-21)39-31(44)26-18-20(2)49-41-26/h18,21-25,27-28,30H,6-17,19H2,1-5H3,(H,37,47)(H,38,46)(H,39,44)(H,40,45)/t22-,24-,25-,27-,28-,30+/m0/s1. The molecule has 0 unspecified atom stereocenters. The summed E-state index contributed by atoms with van der Waals surface area (Å²) in [5.41, 5.74) is -0.658. The predicted octanol–water partition coefficient (Wildman–Crippen LogP) is 2.95. The Morgan fingerprint density at radius 3 is 2.27 bits per heavy atom. The molecular formula is C36H54N6O7. The van der Waals surface area contributed by atoms with Gasteiger partial charge in [-0.25, -0.2) is 0 Å². The second-order valence-corrected chi connectivity index (χ2v) is 15.7. The van der Waals surface area contributed by atoms with Crippen molar-refractivity contribution in [3.63, 3.8) is 0 Å². The number of rotatable bonds is 13. The largest absolute Gasteiger partial charge is 0.361 e. The molecule has 1 aliphatic heterocycles. The highest BCUT2D eigenvalue weighted by atomic mass is 16.5. The van der Waals surface area contributed by atoms with Gasteiger partial charge in [-0.1, -0.05) is 65.0 Å². The molecule has 270 valence electrons. The zero-order valence-electron chi connectivity index (χ0n) is 29.6. The average molecular weight is 683 g/mol. The Morgan fingerprint density at radius 2 is 1.65 bits per heavy atom. The number of hydrogen-bond acceptors (Lipinski definition) is 8. The zero-order chi connectivity index (χ0) is 35.5. The van der Waals surface area contributed by atoms with Crippen LogP contribution in [0.1, 0.15) is 121 Å². The molecule has 4 N–H and O–H groups in total. The van der Waals surface area contributed by atoms with Crippen molar-refractivity contribution in [1.29, 1.82) is 0 Å². The first-order valence-corrected chi connectivity index (χ1v) is 18.3. The second kappa shape index (κ2) is 15.4. The molecule has 4 aliphatic rings. The molecule has 2 heterocycles. The summed E-state index contributed by atoms with van der Waals surface area (Å²) in [5, 5.41) is 15.3. The highest BCUT2D eigenvalue weighted by Gasteiger charge is 2.52. The van der Waals surface area contributed by atoms with Crippen molar-refractivity contribution in [2.24, 2.45) is 23.2 Å². The van der Waals surface area contributed by atoms with Crippen LogP contribution in [0.4, 0.5) is 0 Å². The van der Waals surface area contributed by atoms with Crippen molar-refractivity contribution in [3.05, 3.63) is 17.5 Å². The van der Waals surface area contributed by atoms with Gasteiger partial charge in [-0.05, 0) is 75.0 Å². The van der Waals surface area contributed by atoms with Gasteiger partial charge in [0.15, 0.2) is 5.69 Å². The molecule has 3 aliphatic carbocycles. The highest BCUT2D eigenvalue weighted by Crippen LogP contribution is 2.43. The van der Waals surface area contributed by atoms with Crippen LogP contribution in [-0.4, -0.2) is 82.1 Å². The lowest BCUT2D eigenvalue weighted by Crippen LogP contribution is -2.62. The first kappa shape index (κ1) is 36.5. The van der Waals surface area contributed by atoms with Gasteiger partial charge in [0, 0.05) is 18.7 Å². The molecule has 5 amide bonds. The molecule has 0 aromatic carbocycles. The zero-order valence-corrected chi connectivity index (χ0v) is 29.6. The van der Waals surface area contributed by atoms with Gasteiger partial charge in [0.25, 0.3) is 11.8 Å². The third-order valence-electron chi connectivity index (χ3n) is 10.7. The smallest absolute Gasteiger partial charge is 0.289 e. The maximum absolute atomic E-state index is 14.6. The summed E-state index contributed by atoms with van der Waals surface area (Å²) in [5.74, 6) is -2.75. The Bertz CT molecular complexity index is 1410. The summed E-state index contributed by atoms with van der Waals surface area (Å²) in [6.45, 7) is 9.53. The van der Waals surface area contributed by atoms with Crippen LogP contribution in [0.5, 0.6) is 0 Å². The molecule has 13 nitrogen and oxygen atoms in total. The lowest BCUT2D eigenvalue weighted by molar-refractivity contribution is -0.146. The summed E-state index contributed by atoms with van der Waals surface area (Å²) in [4.78, 5) is 83.3. The van der Waals surface area contributed by atoms with E-state index < -0.39 is 59.0 Å². The van der Waals surface area contributed by atoms with Gasteiger partial charge in [-0.2, -0.15) is 0 Å². The Balaban J connectivity index is 1.35. The molecule has 6 atom stereocenters. The third-order valence-corrected chi connectivity index (χ3v) is 10.7. The minimum absolute atomic E-state index is 0.0127. The number of nitrogens with one attached hydrogen (secondary N) is 4. The van der Waals surface area contributed by atoms with E-state index in [4.69, 9.17) is 4.52 Å². The maximum atomic E-state index is 14.6. The summed E-state index contributed by atoms with van der Waals surface area (Å²) < 4.78 is 5.08. The molecule has 49 heavy (non-hydrogen) atoms. The second-order valence-electron chi connectivity index (χ2n) is 15.7. The third kappa shape index (κ3) is 8.70. The van der Waals surface area contributed by atoms with Crippen LogP contribution >= 0.6 is 0 Å². The number of likely N-dealkylation sites (tertiary alicyclic amines) is 1. The van der Waals surface area contributed by atoms with Crippen LogP contribution in [-0.2, 0) is 24.0 Å². The summed E-state index contributed by atoms with van der Waals surface area (Å²) in [6.07, 6.45) is 9.61. The van der Waals surface area contributed by atoms with Crippen molar-refractivity contribution < 1.29 is 33.3 Å². The van der Waals surface area contributed by atoms with E-state index in [1.807, 2.05) is 27.7 Å². The monoisotopic (exact) mass is 682 g/mol. The van der Waals surface area contributed by atoms with E-state index in [0.717, 1.165) is 64.2 Å². The number of carbonyl (C=O) groups is 6. The number of ketones is 1. The van der Waals surface area contributed by atoms with E-state index in [1.54, 1.807) is 11.8 Å². The number of aryl methyl sites for hydroxylation is 1. The normalized spacial score (nSPS) is 24.3. The molecule has 13 heteroatoms.